The number of rotatable bonds is 6. The zero-order valence-corrected chi connectivity index (χ0v) is 23.4. The molecule has 0 spiro atoms. The van der Waals surface area contributed by atoms with E-state index in [-0.39, 0.29) is 23.0 Å². The predicted octanol–water partition coefficient (Wildman–Crippen LogP) is 6.11. The Balaban J connectivity index is 1.18. The first-order valence-electron chi connectivity index (χ1n) is 13.8. The van der Waals surface area contributed by atoms with Crippen molar-refractivity contribution in [1.29, 1.82) is 0 Å². The monoisotopic (exact) mass is 579 g/mol. The third kappa shape index (κ3) is 6.12. The van der Waals surface area contributed by atoms with Crippen molar-refractivity contribution in [1.82, 2.24) is 10.2 Å². The number of amides is 3. The summed E-state index contributed by atoms with van der Waals surface area (Å²) in [6, 6.07) is 16.5. The summed E-state index contributed by atoms with van der Waals surface area (Å²) >= 11 is 0. The number of carbonyl (C=O) groups excluding carboxylic acids is 3. The Hall–Kier alpha value is -4.34. The van der Waals surface area contributed by atoms with Gasteiger partial charge in [0.15, 0.2) is 0 Å². The number of alkyl halides is 3. The summed E-state index contributed by atoms with van der Waals surface area (Å²) in [6.45, 7) is 5.08. The van der Waals surface area contributed by atoms with Gasteiger partial charge in [0, 0.05) is 36.3 Å². The minimum absolute atomic E-state index is 0.149. The number of nitrogens with zero attached hydrogens (tertiary/aromatic N) is 1. The molecule has 3 aromatic carbocycles. The molecule has 7 nitrogen and oxygen atoms in total. The van der Waals surface area contributed by atoms with Crippen LogP contribution in [0.3, 0.4) is 0 Å². The number of aryl methyl sites for hydroxylation is 2. The summed E-state index contributed by atoms with van der Waals surface area (Å²) in [5.74, 6) is -0.715. The Morgan fingerprint density at radius 1 is 0.929 bits per heavy atom. The van der Waals surface area contributed by atoms with Crippen molar-refractivity contribution in [2.45, 2.75) is 39.3 Å². The molecule has 1 heterocycles. The van der Waals surface area contributed by atoms with E-state index in [4.69, 9.17) is 4.74 Å². The smallest absolute Gasteiger partial charge is 0.416 e. The fourth-order valence-electron chi connectivity index (χ4n) is 6.07. The highest BCUT2D eigenvalue weighted by Gasteiger charge is 2.50. The Morgan fingerprint density at radius 3 is 2.17 bits per heavy atom. The molecule has 2 atom stereocenters. The van der Waals surface area contributed by atoms with Crippen LogP contribution in [0.4, 0.5) is 18.9 Å². The number of likely N-dealkylation sites (tertiary alicyclic amines) is 1. The van der Waals surface area contributed by atoms with E-state index in [0.29, 0.717) is 36.6 Å². The summed E-state index contributed by atoms with van der Waals surface area (Å²) in [7, 11) is 0. The summed E-state index contributed by atoms with van der Waals surface area (Å²) in [6.07, 6.45) is -1.64. The van der Waals surface area contributed by atoms with Gasteiger partial charge in [0.2, 0.25) is 0 Å². The maximum atomic E-state index is 13.4. The van der Waals surface area contributed by atoms with Crippen molar-refractivity contribution in [2.24, 2.45) is 11.3 Å². The van der Waals surface area contributed by atoms with Gasteiger partial charge in [0.05, 0.1) is 5.56 Å². The first kappa shape index (κ1) is 29.2. The van der Waals surface area contributed by atoms with E-state index in [2.05, 4.69) is 10.6 Å². The van der Waals surface area contributed by atoms with Crippen molar-refractivity contribution in [2.75, 3.05) is 25.0 Å². The molecule has 0 bridgehead atoms. The lowest BCUT2D eigenvalue weighted by Gasteiger charge is -2.29. The van der Waals surface area contributed by atoms with E-state index in [0.717, 1.165) is 42.5 Å². The van der Waals surface area contributed by atoms with E-state index in [1.54, 1.807) is 29.2 Å². The van der Waals surface area contributed by atoms with Gasteiger partial charge in [-0.2, -0.15) is 13.2 Å². The second kappa shape index (κ2) is 11.5. The maximum absolute atomic E-state index is 13.4. The van der Waals surface area contributed by atoms with Crippen molar-refractivity contribution in [3.05, 3.63) is 89.0 Å². The molecular weight excluding hydrogens is 547 g/mol. The van der Waals surface area contributed by atoms with E-state index >= 15 is 0 Å². The third-order valence-corrected chi connectivity index (χ3v) is 8.37. The number of hydrogen-bond acceptors (Lipinski definition) is 4. The maximum Gasteiger partial charge on any atom is 0.416 e. The Kier molecular flexibility index (Phi) is 7.99. The molecule has 0 radical (unpaired) electrons. The van der Waals surface area contributed by atoms with Crippen molar-refractivity contribution in [3.8, 4) is 11.5 Å². The Labute approximate surface area is 242 Å². The Bertz CT molecular complexity index is 1470. The minimum Gasteiger partial charge on any atom is -0.457 e. The van der Waals surface area contributed by atoms with E-state index in [1.165, 1.54) is 12.1 Å². The van der Waals surface area contributed by atoms with Crippen molar-refractivity contribution >= 4 is 23.4 Å². The summed E-state index contributed by atoms with van der Waals surface area (Å²) in [5.41, 5.74) is 1.77. The zero-order chi connectivity index (χ0) is 30.1. The highest BCUT2D eigenvalue weighted by atomic mass is 19.4. The van der Waals surface area contributed by atoms with Gasteiger partial charge in [0.25, 0.3) is 5.91 Å². The fourth-order valence-corrected chi connectivity index (χ4v) is 6.07. The first-order valence-corrected chi connectivity index (χ1v) is 13.8. The standard InChI is InChI=1S/C32H32F3N3O4/c1-20-5-3-6-21(2)27(20)37-29(40)28(39)36-18-31-16-4-7-24(31)17-38(19-31)30(41)22-8-12-25(13-9-22)42-26-14-10-23(11-15-26)32(33,34)35/h3,5-6,8-15,24H,4,7,16-19H2,1-2H3,(H,36,39)(H,37,40)/t24-,31-/m0/s1. The number of benzene rings is 3. The number of anilines is 1. The molecule has 42 heavy (non-hydrogen) atoms. The zero-order valence-electron chi connectivity index (χ0n) is 23.4. The van der Waals surface area contributed by atoms with Gasteiger partial charge in [0.1, 0.15) is 11.5 Å². The average molecular weight is 580 g/mol. The first-order chi connectivity index (χ1) is 19.9. The number of carbonyl (C=O) groups is 3. The second-order valence-electron chi connectivity index (χ2n) is 11.2. The van der Waals surface area contributed by atoms with Gasteiger partial charge < -0.3 is 20.3 Å². The van der Waals surface area contributed by atoms with E-state index < -0.39 is 23.6 Å². The molecular formula is C32H32F3N3O4. The van der Waals surface area contributed by atoms with Crippen LogP contribution in [0.25, 0.3) is 0 Å². The van der Waals surface area contributed by atoms with Crippen LogP contribution in [0.15, 0.2) is 66.7 Å². The van der Waals surface area contributed by atoms with Gasteiger partial charge in [-0.15, -0.1) is 0 Å². The molecule has 2 fully saturated rings. The van der Waals surface area contributed by atoms with Crippen LogP contribution >= 0.6 is 0 Å². The second-order valence-corrected chi connectivity index (χ2v) is 11.2. The van der Waals surface area contributed by atoms with Gasteiger partial charge in [-0.3, -0.25) is 14.4 Å². The van der Waals surface area contributed by atoms with E-state index in [1.807, 2.05) is 32.0 Å². The molecule has 3 amide bonds. The van der Waals surface area contributed by atoms with Crippen LogP contribution in [-0.2, 0) is 15.8 Å². The molecule has 2 aliphatic rings. The summed E-state index contributed by atoms with van der Waals surface area (Å²) in [5, 5.41) is 5.54. The number of nitrogens with one attached hydrogen (secondary N) is 2. The predicted molar refractivity (Wildman–Crippen MR) is 151 cm³/mol. The Morgan fingerprint density at radius 2 is 1.55 bits per heavy atom. The molecule has 3 aromatic rings. The van der Waals surface area contributed by atoms with Gasteiger partial charge >= 0.3 is 18.0 Å². The molecule has 5 rings (SSSR count). The molecule has 1 aliphatic heterocycles. The van der Waals surface area contributed by atoms with Gasteiger partial charge in [-0.25, -0.2) is 0 Å². The minimum atomic E-state index is -4.42. The molecule has 0 unspecified atom stereocenters. The third-order valence-electron chi connectivity index (χ3n) is 8.37. The quantitative estimate of drug-likeness (QED) is 0.345. The van der Waals surface area contributed by atoms with Crippen LogP contribution in [0, 0.1) is 25.2 Å². The summed E-state index contributed by atoms with van der Waals surface area (Å²) in [4.78, 5) is 40.5. The van der Waals surface area contributed by atoms with Crippen LogP contribution < -0.4 is 15.4 Å². The van der Waals surface area contributed by atoms with Gasteiger partial charge in [-0.1, -0.05) is 24.6 Å². The van der Waals surface area contributed by atoms with Gasteiger partial charge in [-0.05, 0) is 92.3 Å². The number of hydrogen-bond donors (Lipinski definition) is 2. The normalized spacial score (nSPS) is 19.7. The lowest BCUT2D eigenvalue weighted by molar-refractivity contribution is -0.137. The lowest BCUT2D eigenvalue weighted by Crippen LogP contribution is -2.44. The number of ether oxygens (including phenoxy) is 1. The van der Waals surface area contributed by atoms with Crippen LogP contribution in [0.2, 0.25) is 0 Å². The van der Waals surface area contributed by atoms with E-state index in [9.17, 15) is 27.6 Å². The highest BCUT2D eigenvalue weighted by Crippen LogP contribution is 2.48. The highest BCUT2D eigenvalue weighted by molar-refractivity contribution is 6.39. The largest absolute Gasteiger partial charge is 0.457 e. The lowest BCUT2D eigenvalue weighted by atomic mass is 9.80. The molecule has 0 aromatic heterocycles. The molecule has 10 heteroatoms. The molecule has 1 aliphatic carbocycles. The topological polar surface area (TPSA) is 87.7 Å². The number of halogens is 3. The van der Waals surface area contributed by atoms with Crippen LogP contribution in [0.5, 0.6) is 11.5 Å². The SMILES string of the molecule is Cc1cccc(C)c1NC(=O)C(=O)NC[C@]12CCC[C@H]1CN(C(=O)c1ccc(Oc3ccc(C(F)(F)F)cc3)cc1)C2. The molecule has 1 saturated heterocycles. The van der Waals surface area contributed by atoms with Crippen molar-refractivity contribution in [3.63, 3.8) is 0 Å². The number of para-hydroxylation sites is 1. The summed E-state index contributed by atoms with van der Waals surface area (Å²) < 4.78 is 44.0. The molecule has 1 saturated carbocycles. The fraction of sp³-hybridized carbons (Fsp3) is 0.344. The average Bonchev–Trinajstić information content (AvgIpc) is 3.51. The van der Waals surface area contributed by atoms with Crippen LogP contribution in [0.1, 0.15) is 46.3 Å². The molecule has 220 valence electrons. The van der Waals surface area contributed by atoms with Crippen LogP contribution in [-0.4, -0.2) is 42.3 Å². The number of fused-ring (bicyclic) bond motifs is 1. The molecule has 2 N–H and O–H groups in total. The van der Waals surface area contributed by atoms with Crippen molar-refractivity contribution < 1.29 is 32.3 Å².